The number of aromatic nitrogens is 1. The quantitative estimate of drug-likeness (QED) is 0.222. The molecule has 0 radical (unpaired) electrons. The van der Waals surface area contributed by atoms with E-state index in [4.69, 9.17) is 5.11 Å². The fraction of sp³-hybridized carbons (Fsp3) is 0.375. The van der Waals surface area contributed by atoms with Crippen molar-refractivity contribution in [3.63, 3.8) is 0 Å². The molecule has 0 bridgehead atoms. The first-order valence-electron chi connectivity index (χ1n) is 8.36. The highest BCUT2D eigenvalue weighted by Gasteiger charge is 2.53. The highest BCUT2D eigenvalue weighted by Crippen LogP contribution is 2.41. The van der Waals surface area contributed by atoms with Gasteiger partial charge in [-0.25, -0.2) is 9.78 Å². The van der Waals surface area contributed by atoms with E-state index in [2.05, 4.69) is 32.9 Å². The average Bonchev–Trinajstić information content (AvgIpc) is 3.21. The van der Waals surface area contributed by atoms with Crippen molar-refractivity contribution >= 4 is 64.3 Å². The van der Waals surface area contributed by atoms with Crippen LogP contribution in [0.3, 0.4) is 0 Å². The van der Waals surface area contributed by atoms with Crippen molar-refractivity contribution in [2.45, 2.75) is 24.8 Å². The van der Waals surface area contributed by atoms with E-state index in [1.807, 2.05) is 6.92 Å². The number of rotatable bonds is 8. The Bertz CT molecular complexity index is 914. The topological polar surface area (TPSA) is 138 Å². The third-order valence-corrected chi connectivity index (χ3v) is 6.33. The van der Waals surface area contributed by atoms with Gasteiger partial charge in [-0.15, -0.1) is 23.1 Å². The smallest absolute Gasteiger partial charge is 0.344 e. The lowest BCUT2D eigenvalue weighted by molar-refractivity contribution is -0.146. The monoisotopic (exact) mass is 456 g/mol. The van der Waals surface area contributed by atoms with E-state index in [9.17, 15) is 19.2 Å². The van der Waals surface area contributed by atoms with Gasteiger partial charge in [0.1, 0.15) is 17.1 Å². The second-order valence-electron chi connectivity index (χ2n) is 5.95. The summed E-state index contributed by atoms with van der Waals surface area (Å²) in [5, 5.41) is 15.4. The molecule has 10 nitrogen and oxygen atoms in total. The lowest BCUT2D eigenvalue weighted by Gasteiger charge is -2.49. The van der Waals surface area contributed by atoms with Crippen molar-refractivity contribution in [3.8, 4) is 0 Å². The first-order chi connectivity index (χ1) is 13.8. The van der Waals surface area contributed by atoms with E-state index < -0.39 is 40.9 Å². The minimum atomic E-state index is -1.25. The van der Waals surface area contributed by atoms with E-state index in [0.717, 1.165) is 5.57 Å². The van der Waals surface area contributed by atoms with E-state index in [1.165, 1.54) is 33.5 Å². The molecule has 154 valence electrons. The van der Waals surface area contributed by atoms with Crippen molar-refractivity contribution in [2.24, 2.45) is 5.16 Å². The van der Waals surface area contributed by atoms with Crippen LogP contribution in [0.25, 0.3) is 0 Å². The molecule has 2 aliphatic rings. The third kappa shape index (κ3) is 4.31. The number of carboxylic acid groups (broad SMARTS) is 1. The number of thiazole rings is 1. The number of hydrogen-bond acceptors (Lipinski definition) is 9. The second kappa shape index (κ2) is 8.97. The summed E-state index contributed by atoms with van der Waals surface area (Å²) in [5.41, 5.74) is 2.53. The maximum absolute atomic E-state index is 12.7. The van der Waals surface area contributed by atoms with Crippen LogP contribution in [0.1, 0.15) is 19.0 Å². The van der Waals surface area contributed by atoms with Crippen molar-refractivity contribution in [1.29, 1.82) is 0 Å². The van der Waals surface area contributed by atoms with E-state index in [-0.39, 0.29) is 17.1 Å². The molecule has 1 aromatic heterocycles. The van der Waals surface area contributed by atoms with Crippen LogP contribution in [0, 0.1) is 0 Å². The standard InChI is InChI=1S/C16H16N4O6S3/c1-2-7-4-29-15-11(14(24)20(15)12(7)16(25)27)18-13(23)10(8-5-28-6-17-8)19-26-3-9(21)22/h5-6,11,15H,2-4H2,1H3,(H,18,23)(H,21,22)(H,25,27)/t11?,15-/m1/s1. The minimum Gasteiger partial charge on any atom is -0.479 e. The minimum absolute atomic E-state index is 0.192. The molecular formula is C16H16N4O6S3. The summed E-state index contributed by atoms with van der Waals surface area (Å²) < 4.78 is 0. The lowest BCUT2D eigenvalue weighted by atomic mass is 10.0. The number of thioether (sulfide) groups is 1. The first kappa shape index (κ1) is 21.3. The van der Waals surface area contributed by atoms with Crippen LogP contribution >= 0.6 is 35.7 Å². The molecule has 1 aromatic rings. The summed E-state index contributed by atoms with van der Waals surface area (Å²) in [6, 6.07) is -0.864. The van der Waals surface area contributed by atoms with Gasteiger partial charge >= 0.3 is 5.97 Å². The van der Waals surface area contributed by atoms with Crippen molar-refractivity contribution in [1.82, 2.24) is 15.2 Å². The normalized spacial score (nSPS) is 21.4. The van der Waals surface area contributed by atoms with Crippen LogP contribution in [-0.2, 0) is 24.0 Å². The van der Waals surface area contributed by atoms with Gasteiger partial charge in [-0.05, 0) is 12.0 Å². The first-order valence-corrected chi connectivity index (χ1v) is 10.8. The largest absolute Gasteiger partial charge is 0.479 e. The molecule has 2 aliphatic heterocycles. The Morgan fingerprint density at radius 2 is 2.24 bits per heavy atom. The van der Waals surface area contributed by atoms with E-state index in [1.54, 1.807) is 5.38 Å². The zero-order valence-corrected chi connectivity index (χ0v) is 17.6. The highest BCUT2D eigenvalue weighted by molar-refractivity contribution is 8.00. The predicted molar refractivity (Wildman–Crippen MR) is 109 cm³/mol. The third-order valence-electron chi connectivity index (χ3n) is 4.20. The highest BCUT2D eigenvalue weighted by atomic mass is 32.2. The molecule has 2 N–H and O–H groups in total. The number of hydrogen-bond donors (Lipinski definition) is 3. The molecule has 2 amide bonds. The molecule has 3 rings (SSSR count). The number of nitrogens with zero attached hydrogens (tertiary/aromatic N) is 3. The Balaban J connectivity index is 1.77. The SMILES string of the molecule is CCC1=C(C(=O)S)N2C(=O)C(NC(=O)C(=NOCC(=O)O)c3cscn3)[C@H]2SC1. The summed E-state index contributed by atoms with van der Waals surface area (Å²) in [6.07, 6.45) is 0.615. The maximum atomic E-state index is 12.7. The lowest BCUT2D eigenvalue weighted by Crippen LogP contribution is -2.70. The van der Waals surface area contributed by atoms with E-state index in [0.29, 0.717) is 12.2 Å². The van der Waals surface area contributed by atoms with Gasteiger partial charge in [0.2, 0.25) is 11.7 Å². The number of carbonyl (C=O) groups excluding carboxylic acids is 3. The predicted octanol–water partition coefficient (Wildman–Crippen LogP) is 0.469. The molecule has 0 saturated carbocycles. The van der Waals surface area contributed by atoms with Crippen molar-refractivity contribution in [2.75, 3.05) is 12.4 Å². The van der Waals surface area contributed by atoms with Crippen LogP contribution in [0.2, 0.25) is 0 Å². The van der Waals surface area contributed by atoms with Gasteiger partial charge in [-0.3, -0.25) is 19.3 Å². The number of nitrogens with one attached hydrogen (secondary N) is 1. The van der Waals surface area contributed by atoms with Crippen molar-refractivity contribution < 1.29 is 29.1 Å². The molecule has 0 aliphatic carbocycles. The molecule has 2 atom stereocenters. The molecule has 13 heteroatoms. The van der Waals surface area contributed by atoms with Crippen LogP contribution < -0.4 is 5.32 Å². The molecule has 29 heavy (non-hydrogen) atoms. The van der Waals surface area contributed by atoms with Crippen LogP contribution in [0.4, 0.5) is 0 Å². The van der Waals surface area contributed by atoms with Crippen LogP contribution in [0.5, 0.6) is 0 Å². The molecule has 0 aromatic carbocycles. The van der Waals surface area contributed by atoms with Gasteiger partial charge in [0.05, 0.1) is 11.2 Å². The van der Waals surface area contributed by atoms with Gasteiger partial charge in [-0.1, -0.05) is 24.7 Å². The molecule has 3 heterocycles. The second-order valence-corrected chi connectivity index (χ2v) is 8.18. The number of fused-ring (bicyclic) bond motifs is 1. The average molecular weight is 457 g/mol. The number of β-lactam (4-membered cyclic amide) rings is 1. The van der Waals surface area contributed by atoms with Gasteiger partial charge < -0.3 is 15.3 Å². The number of oxime groups is 1. The number of carbonyl (C=O) groups is 4. The molecular weight excluding hydrogens is 440 g/mol. The number of thiol groups is 1. The van der Waals surface area contributed by atoms with Gasteiger partial charge in [-0.2, -0.15) is 0 Å². The number of aliphatic carboxylic acids is 1. The summed E-state index contributed by atoms with van der Waals surface area (Å²) in [4.78, 5) is 57.8. The maximum Gasteiger partial charge on any atom is 0.344 e. The van der Waals surface area contributed by atoms with Crippen LogP contribution in [0.15, 0.2) is 27.3 Å². The number of amides is 2. The summed E-state index contributed by atoms with van der Waals surface area (Å²) >= 11 is 6.53. The molecule has 1 saturated heterocycles. The molecule has 0 spiro atoms. The van der Waals surface area contributed by atoms with Gasteiger partial charge in [0.25, 0.3) is 11.8 Å². The fourth-order valence-corrected chi connectivity index (χ4v) is 5.10. The van der Waals surface area contributed by atoms with Crippen LogP contribution in [-0.4, -0.2) is 67.4 Å². The van der Waals surface area contributed by atoms with Crippen molar-refractivity contribution in [3.05, 3.63) is 27.9 Å². The Labute approximate surface area is 178 Å². The summed E-state index contributed by atoms with van der Waals surface area (Å²) in [7, 11) is 0. The Kier molecular flexibility index (Phi) is 6.59. The summed E-state index contributed by atoms with van der Waals surface area (Å²) in [6.45, 7) is 1.16. The van der Waals surface area contributed by atoms with Gasteiger partial charge in [0.15, 0.2) is 5.71 Å². The Hall–Kier alpha value is -2.38. The fourth-order valence-electron chi connectivity index (χ4n) is 2.85. The molecule has 1 fully saturated rings. The Morgan fingerprint density at radius 3 is 2.83 bits per heavy atom. The van der Waals surface area contributed by atoms with E-state index >= 15 is 0 Å². The molecule has 1 unspecified atom stereocenters. The van der Waals surface area contributed by atoms with Gasteiger partial charge in [0, 0.05) is 11.1 Å². The number of carboxylic acids is 1. The Morgan fingerprint density at radius 1 is 1.48 bits per heavy atom. The zero-order valence-electron chi connectivity index (χ0n) is 15.0. The summed E-state index contributed by atoms with van der Waals surface area (Å²) in [5.74, 6) is -1.86. The zero-order chi connectivity index (χ0) is 21.1.